The molecular formula is C19H16Cl2N4O3S2. The molecule has 4 rings (SSSR count). The topological polar surface area (TPSA) is 85.4 Å². The van der Waals surface area contributed by atoms with Crippen molar-refractivity contribution >= 4 is 68.7 Å². The fourth-order valence-corrected chi connectivity index (χ4v) is 4.59. The Morgan fingerprint density at radius 1 is 1.13 bits per heavy atom. The number of halogens is 2. The molecule has 2 heterocycles. The maximum absolute atomic E-state index is 12.3. The lowest BCUT2D eigenvalue weighted by Crippen LogP contribution is -2.17. The summed E-state index contributed by atoms with van der Waals surface area (Å²) >= 11 is 15.0. The van der Waals surface area contributed by atoms with E-state index in [2.05, 4.69) is 20.8 Å². The quantitative estimate of drug-likeness (QED) is 0.454. The fourth-order valence-electron chi connectivity index (χ4n) is 2.65. The molecule has 0 fully saturated rings. The number of aromatic nitrogens is 2. The Morgan fingerprint density at radius 3 is 2.70 bits per heavy atom. The van der Waals surface area contributed by atoms with Gasteiger partial charge in [0.2, 0.25) is 11.0 Å². The molecule has 156 valence electrons. The third-order valence-corrected chi connectivity index (χ3v) is 6.84. The van der Waals surface area contributed by atoms with E-state index in [9.17, 15) is 4.79 Å². The molecule has 30 heavy (non-hydrogen) atoms. The maximum Gasteiger partial charge on any atom is 0.234 e. The first-order chi connectivity index (χ1) is 14.5. The second kappa shape index (κ2) is 9.30. The van der Waals surface area contributed by atoms with Gasteiger partial charge in [0, 0.05) is 22.8 Å². The van der Waals surface area contributed by atoms with Crippen molar-refractivity contribution in [2.24, 2.45) is 0 Å². The van der Waals surface area contributed by atoms with Gasteiger partial charge >= 0.3 is 0 Å². The predicted molar refractivity (Wildman–Crippen MR) is 121 cm³/mol. The van der Waals surface area contributed by atoms with Gasteiger partial charge in [0.05, 0.1) is 16.5 Å². The van der Waals surface area contributed by atoms with E-state index >= 15 is 0 Å². The van der Waals surface area contributed by atoms with Crippen LogP contribution in [0.5, 0.6) is 11.5 Å². The van der Waals surface area contributed by atoms with E-state index in [0.29, 0.717) is 49.9 Å². The summed E-state index contributed by atoms with van der Waals surface area (Å²) in [6.45, 7) is 2.86. The van der Waals surface area contributed by atoms with Gasteiger partial charge in [0.1, 0.15) is 13.2 Å². The van der Waals surface area contributed by atoms with E-state index in [1.807, 2.05) is 25.1 Å². The summed E-state index contributed by atoms with van der Waals surface area (Å²) in [5.74, 6) is 1.08. The summed E-state index contributed by atoms with van der Waals surface area (Å²) in [6, 6.07) is 8.91. The number of amides is 1. The summed E-state index contributed by atoms with van der Waals surface area (Å²) in [4.78, 5) is 12.3. The minimum Gasteiger partial charge on any atom is -0.486 e. The molecule has 0 aliphatic carbocycles. The highest BCUT2D eigenvalue weighted by Gasteiger charge is 2.17. The SMILES string of the molecule is Cc1c(Cl)cccc1Nc1nnc(SCC(=O)Nc2cc3c(cc2Cl)OCCO3)s1. The molecule has 0 unspecified atom stereocenters. The molecule has 7 nitrogen and oxygen atoms in total. The molecule has 0 saturated heterocycles. The van der Waals surface area contributed by atoms with E-state index in [1.165, 1.54) is 23.1 Å². The van der Waals surface area contributed by atoms with Gasteiger partial charge < -0.3 is 20.1 Å². The maximum atomic E-state index is 12.3. The molecule has 3 aromatic rings. The van der Waals surface area contributed by atoms with Crippen LogP contribution in [0.2, 0.25) is 10.0 Å². The number of ether oxygens (including phenoxy) is 2. The largest absolute Gasteiger partial charge is 0.486 e. The summed E-state index contributed by atoms with van der Waals surface area (Å²) in [6.07, 6.45) is 0. The van der Waals surface area contributed by atoms with E-state index < -0.39 is 0 Å². The molecule has 1 amide bonds. The van der Waals surface area contributed by atoms with Crippen molar-refractivity contribution in [3.63, 3.8) is 0 Å². The second-order valence-electron chi connectivity index (χ2n) is 6.22. The molecule has 2 N–H and O–H groups in total. The van der Waals surface area contributed by atoms with Gasteiger partial charge in [-0.15, -0.1) is 10.2 Å². The summed E-state index contributed by atoms with van der Waals surface area (Å²) in [7, 11) is 0. The number of fused-ring (bicyclic) bond motifs is 1. The minimum atomic E-state index is -0.214. The van der Waals surface area contributed by atoms with Crippen molar-refractivity contribution < 1.29 is 14.3 Å². The molecule has 1 aliphatic heterocycles. The highest BCUT2D eigenvalue weighted by atomic mass is 35.5. The number of carbonyl (C=O) groups excluding carboxylic acids is 1. The van der Waals surface area contributed by atoms with Crippen molar-refractivity contribution in [3.8, 4) is 11.5 Å². The monoisotopic (exact) mass is 482 g/mol. The standard InChI is InChI=1S/C19H16Cl2N4O3S2/c1-10-11(20)3-2-4-13(10)23-18-24-25-19(30-18)29-9-17(26)22-14-8-16-15(7-12(14)21)27-5-6-28-16/h2-4,7-8H,5-6,9H2,1H3,(H,22,26)(H,23,24). The molecule has 0 bridgehead atoms. The van der Waals surface area contributed by atoms with Crippen LogP contribution in [0.4, 0.5) is 16.5 Å². The first-order valence-electron chi connectivity index (χ1n) is 8.87. The minimum absolute atomic E-state index is 0.162. The Labute approximate surface area is 191 Å². The normalized spacial score (nSPS) is 12.5. The van der Waals surface area contributed by atoms with Crippen LogP contribution in [0.3, 0.4) is 0 Å². The van der Waals surface area contributed by atoms with Crippen molar-refractivity contribution in [1.82, 2.24) is 10.2 Å². The average molecular weight is 483 g/mol. The van der Waals surface area contributed by atoms with E-state index in [1.54, 1.807) is 12.1 Å². The lowest BCUT2D eigenvalue weighted by atomic mass is 10.2. The third kappa shape index (κ3) is 4.92. The second-order valence-corrected chi connectivity index (χ2v) is 9.24. The van der Waals surface area contributed by atoms with Crippen LogP contribution in [0.25, 0.3) is 0 Å². The molecule has 0 atom stereocenters. The van der Waals surface area contributed by atoms with E-state index in [-0.39, 0.29) is 11.7 Å². The highest BCUT2D eigenvalue weighted by Crippen LogP contribution is 2.38. The molecule has 1 aliphatic rings. The van der Waals surface area contributed by atoms with Gasteiger partial charge in [0.25, 0.3) is 0 Å². The number of thioether (sulfide) groups is 1. The third-order valence-electron chi connectivity index (χ3n) is 4.15. The number of hydrogen-bond donors (Lipinski definition) is 2. The van der Waals surface area contributed by atoms with Gasteiger partial charge in [-0.2, -0.15) is 0 Å². The van der Waals surface area contributed by atoms with Gasteiger partial charge in [-0.05, 0) is 24.6 Å². The number of hydrogen-bond acceptors (Lipinski definition) is 8. The van der Waals surface area contributed by atoms with Crippen LogP contribution in [-0.4, -0.2) is 35.1 Å². The smallest absolute Gasteiger partial charge is 0.234 e. The number of anilines is 3. The number of rotatable bonds is 6. The predicted octanol–water partition coefficient (Wildman–Crippen LogP) is 5.40. The Morgan fingerprint density at radius 2 is 1.90 bits per heavy atom. The van der Waals surface area contributed by atoms with Crippen LogP contribution < -0.4 is 20.1 Å². The number of nitrogens with one attached hydrogen (secondary N) is 2. The molecule has 11 heteroatoms. The van der Waals surface area contributed by atoms with Gasteiger partial charge in [0.15, 0.2) is 15.8 Å². The van der Waals surface area contributed by atoms with Crippen LogP contribution >= 0.6 is 46.3 Å². The van der Waals surface area contributed by atoms with Crippen LogP contribution in [-0.2, 0) is 4.79 Å². The zero-order valence-electron chi connectivity index (χ0n) is 15.7. The van der Waals surface area contributed by atoms with Crippen molar-refractivity contribution in [2.45, 2.75) is 11.3 Å². The van der Waals surface area contributed by atoms with Crippen LogP contribution in [0, 0.1) is 6.92 Å². The zero-order valence-corrected chi connectivity index (χ0v) is 18.8. The zero-order chi connectivity index (χ0) is 21.1. The first-order valence-corrected chi connectivity index (χ1v) is 11.4. The van der Waals surface area contributed by atoms with E-state index in [0.717, 1.165) is 11.3 Å². The fraction of sp³-hybridized carbons (Fsp3) is 0.211. The van der Waals surface area contributed by atoms with Crippen molar-refractivity contribution in [3.05, 3.63) is 45.9 Å². The lowest BCUT2D eigenvalue weighted by Gasteiger charge is -2.19. The van der Waals surface area contributed by atoms with Crippen LogP contribution in [0.15, 0.2) is 34.7 Å². The lowest BCUT2D eigenvalue weighted by molar-refractivity contribution is -0.113. The molecule has 0 saturated carbocycles. The van der Waals surface area contributed by atoms with Crippen molar-refractivity contribution in [2.75, 3.05) is 29.6 Å². The Balaban J connectivity index is 1.34. The average Bonchev–Trinajstić information content (AvgIpc) is 3.18. The van der Waals surface area contributed by atoms with E-state index in [4.69, 9.17) is 32.7 Å². The molecule has 2 aromatic carbocycles. The Bertz CT molecular complexity index is 1090. The van der Waals surface area contributed by atoms with Crippen molar-refractivity contribution in [1.29, 1.82) is 0 Å². The summed E-state index contributed by atoms with van der Waals surface area (Å²) in [5, 5.41) is 15.9. The number of benzene rings is 2. The first kappa shape index (κ1) is 21.0. The Hall–Kier alpha value is -2.20. The molecule has 1 aromatic heterocycles. The van der Waals surface area contributed by atoms with Gasteiger partial charge in [-0.3, -0.25) is 4.79 Å². The molecule has 0 radical (unpaired) electrons. The van der Waals surface area contributed by atoms with Gasteiger partial charge in [-0.25, -0.2) is 0 Å². The molecular weight excluding hydrogens is 467 g/mol. The highest BCUT2D eigenvalue weighted by molar-refractivity contribution is 8.01. The Kier molecular flexibility index (Phi) is 6.52. The van der Waals surface area contributed by atoms with Gasteiger partial charge in [-0.1, -0.05) is 52.4 Å². The number of carbonyl (C=O) groups is 1. The molecule has 0 spiro atoms. The summed E-state index contributed by atoms with van der Waals surface area (Å²) in [5.41, 5.74) is 2.27. The summed E-state index contributed by atoms with van der Waals surface area (Å²) < 4.78 is 11.7. The number of nitrogens with zero attached hydrogens (tertiary/aromatic N) is 2. The van der Waals surface area contributed by atoms with Crippen LogP contribution in [0.1, 0.15) is 5.56 Å².